The van der Waals surface area contributed by atoms with Gasteiger partial charge in [-0.15, -0.1) is 0 Å². The van der Waals surface area contributed by atoms with Crippen molar-refractivity contribution in [3.8, 4) is 34.5 Å². The summed E-state index contributed by atoms with van der Waals surface area (Å²) in [6.45, 7) is 2.09. The van der Waals surface area contributed by atoms with Gasteiger partial charge in [0.25, 0.3) is 0 Å². The van der Waals surface area contributed by atoms with Gasteiger partial charge in [0.2, 0.25) is 5.69 Å². The molecule has 5 nitrogen and oxygen atoms in total. The van der Waals surface area contributed by atoms with Crippen LogP contribution >= 0.6 is 0 Å². The van der Waals surface area contributed by atoms with Crippen molar-refractivity contribution < 1.29 is 13.4 Å². The van der Waals surface area contributed by atoms with Crippen molar-refractivity contribution >= 4 is 43.9 Å². The van der Waals surface area contributed by atoms with Crippen LogP contribution in [0.4, 0.5) is 0 Å². The molecule has 0 atom stereocenters. The summed E-state index contributed by atoms with van der Waals surface area (Å²) in [5, 5.41) is 23.2. The average Bonchev–Trinajstić information content (AvgIpc) is 3.50. The highest BCUT2D eigenvalue weighted by molar-refractivity contribution is 6.14. The van der Waals surface area contributed by atoms with Crippen molar-refractivity contribution in [2.24, 2.45) is 7.05 Å². The molecule has 0 radical (unpaired) electrons. The van der Waals surface area contributed by atoms with Gasteiger partial charge in [0.05, 0.1) is 28.8 Å². The molecular weight excluding hydrogens is 470 g/mol. The van der Waals surface area contributed by atoms with Crippen LogP contribution in [0.1, 0.15) is 16.7 Å². The van der Waals surface area contributed by atoms with Crippen LogP contribution in [-0.4, -0.2) is 0 Å². The Bertz CT molecular complexity index is 2190. The van der Waals surface area contributed by atoms with Crippen LogP contribution in [0, 0.1) is 29.6 Å². The third-order valence-electron chi connectivity index (χ3n) is 7.34. The molecule has 3 heterocycles. The van der Waals surface area contributed by atoms with Gasteiger partial charge >= 0.3 is 0 Å². The molecule has 7 rings (SSSR count). The Morgan fingerprint density at radius 1 is 0.684 bits per heavy atom. The normalized spacial score (nSPS) is 11.4. The molecular formula is C33H20N3O2+. The van der Waals surface area contributed by atoms with Gasteiger partial charge in [-0.3, -0.25) is 0 Å². The van der Waals surface area contributed by atoms with E-state index >= 15 is 0 Å². The van der Waals surface area contributed by atoms with E-state index < -0.39 is 0 Å². The standard InChI is InChI=1S/C33H20N3O2/c1-19-6-10-24-25-12-9-22(18-35)31(33(25)38-32(24)30(19)27-5-3-4-14-36(27)2)21-8-11-23-26-15-20(17-34)7-13-28(26)37-29(23)16-21/h3-16H,1-2H3/q+1. The van der Waals surface area contributed by atoms with Gasteiger partial charge < -0.3 is 8.83 Å². The molecule has 38 heavy (non-hydrogen) atoms. The molecule has 0 unspecified atom stereocenters. The fraction of sp³-hybridized carbons (Fsp3) is 0.0606. The fourth-order valence-corrected chi connectivity index (χ4v) is 5.49. The summed E-state index contributed by atoms with van der Waals surface area (Å²) >= 11 is 0. The van der Waals surface area contributed by atoms with Crippen LogP contribution in [0.25, 0.3) is 66.3 Å². The van der Waals surface area contributed by atoms with E-state index in [9.17, 15) is 10.5 Å². The summed E-state index contributed by atoms with van der Waals surface area (Å²) in [5.74, 6) is 0. The molecule has 0 aliphatic carbocycles. The lowest BCUT2D eigenvalue weighted by Gasteiger charge is -2.06. The quantitative estimate of drug-likeness (QED) is 0.233. The van der Waals surface area contributed by atoms with Gasteiger partial charge in [0.15, 0.2) is 6.20 Å². The zero-order valence-corrected chi connectivity index (χ0v) is 20.7. The molecule has 0 spiro atoms. The summed E-state index contributed by atoms with van der Waals surface area (Å²) in [7, 11) is 2.03. The Labute approximate surface area is 218 Å². The van der Waals surface area contributed by atoms with Crippen LogP contribution in [0.2, 0.25) is 0 Å². The predicted octanol–water partition coefficient (Wildman–Crippen LogP) is 7.70. The fourth-order valence-electron chi connectivity index (χ4n) is 5.49. The van der Waals surface area contributed by atoms with Gasteiger partial charge in [-0.2, -0.15) is 10.5 Å². The molecule has 0 fully saturated rings. The van der Waals surface area contributed by atoms with Crippen molar-refractivity contribution in [3.05, 3.63) is 102 Å². The van der Waals surface area contributed by atoms with E-state index in [2.05, 4.69) is 41.8 Å². The first kappa shape index (κ1) is 21.9. The molecule has 0 bridgehead atoms. The minimum atomic E-state index is 0.530. The number of fused-ring (bicyclic) bond motifs is 6. The van der Waals surface area contributed by atoms with Crippen LogP contribution in [0.3, 0.4) is 0 Å². The number of nitrogens with zero attached hydrogens (tertiary/aromatic N) is 3. The Hall–Kier alpha value is -5.39. The van der Waals surface area contributed by atoms with E-state index in [1.54, 1.807) is 6.07 Å². The Balaban J connectivity index is 1.53. The first-order chi connectivity index (χ1) is 18.6. The minimum absolute atomic E-state index is 0.530. The summed E-state index contributed by atoms with van der Waals surface area (Å²) < 4.78 is 14.9. The Kier molecular flexibility index (Phi) is 4.64. The molecule has 4 aromatic carbocycles. The monoisotopic (exact) mass is 490 g/mol. The van der Waals surface area contributed by atoms with Crippen molar-refractivity contribution in [3.63, 3.8) is 0 Å². The summed E-state index contributed by atoms with van der Waals surface area (Å²) in [4.78, 5) is 0. The van der Waals surface area contributed by atoms with Crippen LogP contribution < -0.4 is 4.57 Å². The number of pyridine rings is 1. The molecule has 0 saturated carbocycles. The molecule has 7 aromatic rings. The van der Waals surface area contributed by atoms with Gasteiger partial charge in [-0.25, -0.2) is 4.57 Å². The topological polar surface area (TPSA) is 77.7 Å². The van der Waals surface area contributed by atoms with E-state index in [1.807, 2.05) is 67.8 Å². The lowest BCUT2D eigenvalue weighted by molar-refractivity contribution is -0.660. The van der Waals surface area contributed by atoms with E-state index in [0.717, 1.165) is 60.7 Å². The maximum atomic E-state index is 10.1. The van der Waals surface area contributed by atoms with E-state index in [1.165, 1.54) is 0 Å². The number of aryl methyl sites for hydroxylation is 2. The summed E-state index contributed by atoms with van der Waals surface area (Å²) in [6.07, 6.45) is 2.03. The summed E-state index contributed by atoms with van der Waals surface area (Å²) in [6, 6.07) is 30.0. The van der Waals surface area contributed by atoms with Gasteiger partial charge in [-0.1, -0.05) is 18.2 Å². The second-order valence-electron chi connectivity index (χ2n) is 9.55. The smallest absolute Gasteiger partial charge is 0.216 e. The molecule has 178 valence electrons. The van der Waals surface area contributed by atoms with Crippen molar-refractivity contribution in [1.29, 1.82) is 10.5 Å². The molecule has 0 amide bonds. The summed E-state index contributed by atoms with van der Waals surface area (Å²) in [5.41, 5.74) is 8.77. The Morgan fingerprint density at radius 2 is 1.47 bits per heavy atom. The number of rotatable bonds is 2. The Morgan fingerprint density at radius 3 is 2.26 bits per heavy atom. The maximum absolute atomic E-state index is 10.1. The van der Waals surface area contributed by atoms with E-state index in [-0.39, 0.29) is 0 Å². The second kappa shape index (κ2) is 8.06. The highest BCUT2D eigenvalue weighted by Gasteiger charge is 2.23. The molecule has 5 heteroatoms. The van der Waals surface area contributed by atoms with Crippen LogP contribution in [0.5, 0.6) is 0 Å². The molecule has 0 aliphatic heterocycles. The largest absolute Gasteiger partial charge is 0.456 e. The zero-order valence-electron chi connectivity index (χ0n) is 20.7. The van der Waals surface area contributed by atoms with E-state index in [4.69, 9.17) is 8.83 Å². The van der Waals surface area contributed by atoms with Gasteiger partial charge in [0, 0.05) is 39.2 Å². The highest BCUT2D eigenvalue weighted by Crippen LogP contribution is 2.43. The first-order valence-corrected chi connectivity index (χ1v) is 12.3. The number of benzene rings is 4. The number of aromatic nitrogens is 1. The van der Waals surface area contributed by atoms with Gasteiger partial charge in [-0.05, 0) is 66.6 Å². The van der Waals surface area contributed by atoms with Crippen LogP contribution in [0.15, 0.2) is 93.9 Å². The predicted molar refractivity (Wildman–Crippen MR) is 147 cm³/mol. The molecule has 3 aromatic heterocycles. The van der Waals surface area contributed by atoms with Crippen molar-refractivity contribution in [2.75, 3.05) is 0 Å². The third kappa shape index (κ3) is 3.06. The lowest BCUT2D eigenvalue weighted by Crippen LogP contribution is -2.30. The average molecular weight is 491 g/mol. The minimum Gasteiger partial charge on any atom is -0.456 e. The van der Waals surface area contributed by atoms with E-state index in [0.29, 0.717) is 22.3 Å². The van der Waals surface area contributed by atoms with Crippen molar-refractivity contribution in [2.45, 2.75) is 6.92 Å². The first-order valence-electron chi connectivity index (χ1n) is 12.3. The van der Waals surface area contributed by atoms with Gasteiger partial charge in [0.1, 0.15) is 29.4 Å². The maximum Gasteiger partial charge on any atom is 0.216 e. The number of nitriles is 2. The molecule has 0 N–H and O–H groups in total. The van der Waals surface area contributed by atoms with Crippen LogP contribution in [-0.2, 0) is 7.05 Å². The molecule has 0 aliphatic rings. The number of hydrogen-bond donors (Lipinski definition) is 0. The number of hydrogen-bond acceptors (Lipinski definition) is 4. The molecule has 0 saturated heterocycles. The highest BCUT2D eigenvalue weighted by atomic mass is 16.3. The second-order valence-corrected chi connectivity index (χ2v) is 9.55. The zero-order chi connectivity index (χ0) is 26.0. The van der Waals surface area contributed by atoms with Crippen molar-refractivity contribution in [1.82, 2.24) is 0 Å². The lowest BCUT2D eigenvalue weighted by atomic mass is 9.95. The SMILES string of the molecule is Cc1ccc2c(oc3c(-c4ccc5c(c4)oc4ccc(C#N)cc45)c(C#N)ccc32)c1-c1cccc[n+]1C. The number of furan rings is 2. The third-order valence-corrected chi connectivity index (χ3v) is 7.34.